The molecule has 1 aromatic carbocycles. The molecule has 0 unspecified atom stereocenters. The van der Waals surface area contributed by atoms with E-state index in [0.717, 1.165) is 6.61 Å². The van der Waals surface area contributed by atoms with E-state index in [4.69, 9.17) is 19.9 Å². The van der Waals surface area contributed by atoms with Crippen molar-refractivity contribution >= 4 is 5.69 Å². The molecule has 0 atom stereocenters. The number of benzene rings is 1. The lowest BCUT2D eigenvalue weighted by molar-refractivity contribution is 0.0820. The van der Waals surface area contributed by atoms with Gasteiger partial charge < -0.3 is 19.9 Å². The average molecular weight is 267 g/mol. The molecule has 0 aliphatic heterocycles. The fourth-order valence-electron chi connectivity index (χ4n) is 1.54. The number of anilines is 1. The van der Waals surface area contributed by atoms with Gasteiger partial charge in [-0.05, 0) is 31.9 Å². The van der Waals surface area contributed by atoms with Crippen LogP contribution in [0.15, 0.2) is 18.2 Å². The molecule has 0 saturated heterocycles. The number of hydrogen-bond acceptors (Lipinski definition) is 4. The summed E-state index contributed by atoms with van der Waals surface area (Å²) in [7, 11) is 0. The minimum atomic E-state index is 0.0897. The number of para-hydroxylation sites is 1. The average Bonchev–Trinajstić information content (AvgIpc) is 2.32. The molecule has 0 aromatic heterocycles. The number of rotatable bonds is 8. The molecule has 4 nitrogen and oxygen atoms in total. The van der Waals surface area contributed by atoms with Crippen LogP contribution in [0.25, 0.3) is 0 Å². The number of ether oxygens (including phenoxy) is 3. The molecule has 0 radical (unpaired) electrons. The van der Waals surface area contributed by atoms with Gasteiger partial charge in [-0.1, -0.05) is 19.9 Å². The molecule has 108 valence electrons. The topological polar surface area (TPSA) is 53.7 Å². The standard InChI is InChI=1S/C15H25NO3/c1-11(2)10-17-8-9-18-13-6-5-7-14(15(13)16)19-12(3)4/h5-7,11-12H,8-10,16H2,1-4H3. The third-order valence-corrected chi connectivity index (χ3v) is 2.33. The van der Waals surface area contributed by atoms with Crippen LogP contribution in [0.2, 0.25) is 0 Å². The summed E-state index contributed by atoms with van der Waals surface area (Å²) in [6.07, 6.45) is 0.0897. The van der Waals surface area contributed by atoms with E-state index in [1.807, 2.05) is 32.0 Å². The van der Waals surface area contributed by atoms with Crippen molar-refractivity contribution in [1.29, 1.82) is 0 Å². The first-order valence-corrected chi connectivity index (χ1v) is 6.76. The normalized spacial score (nSPS) is 11.1. The minimum absolute atomic E-state index is 0.0897. The molecular weight excluding hydrogens is 242 g/mol. The summed E-state index contributed by atoms with van der Waals surface area (Å²) in [5.41, 5.74) is 6.55. The smallest absolute Gasteiger partial charge is 0.146 e. The van der Waals surface area contributed by atoms with E-state index in [0.29, 0.717) is 36.3 Å². The molecule has 1 aromatic rings. The maximum Gasteiger partial charge on any atom is 0.146 e. The molecule has 0 saturated carbocycles. The van der Waals surface area contributed by atoms with Gasteiger partial charge in [0.15, 0.2) is 0 Å². The van der Waals surface area contributed by atoms with E-state index < -0.39 is 0 Å². The Labute approximate surface area is 115 Å². The van der Waals surface area contributed by atoms with Crippen LogP contribution >= 0.6 is 0 Å². The Kier molecular flexibility index (Phi) is 6.50. The minimum Gasteiger partial charge on any atom is -0.489 e. The van der Waals surface area contributed by atoms with Crippen molar-refractivity contribution in [3.05, 3.63) is 18.2 Å². The van der Waals surface area contributed by atoms with E-state index in [1.165, 1.54) is 0 Å². The van der Waals surface area contributed by atoms with Gasteiger partial charge in [-0.2, -0.15) is 0 Å². The zero-order valence-electron chi connectivity index (χ0n) is 12.3. The molecule has 0 fully saturated rings. The lowest BCUT2D eigenvalue weighted by Gasteiger charge is -2.15. The first kappa shape index (κ1) is 15.6. The highest BCUT2D eigenvalue weighted by atomic mass is 16.5. The zero-order chi connectivity index (χ0) is 14.3. The van der Waals surface area contributed by atoms with Gasteiger partial charge in [-0.25, -0.2) is 0 Å². The van der Waals surface area contributed by atoms with Gasteiger partial charge in [-0.3, -0.25) is 0 Å². The highest BCUT2D eigenvalue weighted by molar-refractivity contribution is 5.62. The summed E-state index contributed by atoms with van der Waals surface area (Å²) < 4.78 is 16.7. The summed E-state index contributed by atoms with van der Waals surface area (Å²) in [5, 5.41) is 0. The predicted molar refractivity (Wildman–Crippen MR) is 77.8 cm³/mol. The number of nitrogens with two attached hydrogens (primary N) is 1. The van der Waals surface area contributed by atoms with Crippen molar-refractivity contribution in [2.75, 3.05) is 25.6 Å². The summed E-state index contributed by atoms with van der Waals surface area (Å²) >= 11 is 0. The molecule has 0 amide bonds. The van der Waals surface area contributed by atoms with Gasteiger partial charge in [0.25, 0.3) is 0 Å². The molecule has 0 aliphatic rings. The van der Waals surface area contributed by atoms with Gasteiger partial charge in [0.05, 0.1) is 12.7 Å². The van der Waals surface area contributed by atoms with E-state index in [9.17, 15) is 0 Å². The number of hydrogen-bond donors (Lipinski definition) is 1. The molecule has 19 heavy (non-hydrogen) atoms. The van der Waals surface area contributed by atoms with Crippen LogP contribution in [0.3, 0.4) is 0 Å². The summed E-state index contributed by atoms with van der Waals surface area (Å²) in [4.78, 5) is 0. The van der Waals surface area contributed by atoms with E-state index in [1.54, 1.807) is 0 Å². The monoisotopic (exact) mass is 267 g/mol. The molecule has 0 aliphatic carbocycles. The van der Waals surface area contributed by atoms with Crippen molar-refractivity contribution in [1.82, 2.24) is 0 Å². The third kappa shape index (κ3) is 5.83. The Morgan fingerprint density at radius 1 is 1.05 bits per heavy atom. The quantitative estimate of drug-likeness (QED) is 0.581. The van der Waals surface area contributed by atoms with Gasteiger partial charge >= 0.3 is 0 Å². The van der Waals surface area contributed by atoms with Crippen molar-refractivity contribution in [3.8, 4) is 11.5 Å². The van der Waals surface area contributed by atoms with Gasteiger partial charge in [-0.15, -0.1) is 0 Å². The molecule has 1 rings (SSSR count). The van der Waals surface area contributed by atoms with E-state index in [-0.39, 0.29) is 6.10 Å². The molecule has 4 heteroatoms. The van der Waals surface area contributed by atoms with Gasteiger partial charge in [0.2, 0.25) is 0 Å². The fourth-order valence-corrected chi connectivity index (χ4v) is 1.54. The SMILES string of the molecule is CC(C)COCCOc1cccc(OC(C)C)c1N. The summed E-state index contributed by atoms with van der Waals surface area (Å²) in [6.45, 7) is 9.96. The Morgan fingerprint density at radius 2 is 1.74 bits per heavy atom. The Morgan fingerprint density at radius 3 is 2.37 bits per heavy atom. The predicted octanol–water partition coefficient (Wildman–Crippen LogP) is 3.11. The van der Waals surface area contributed by atoms with Crippen molar-refractivity contribution < 1.29 is 14.2 Å². The van der Waals surface area contributed by atoms with Gasteiger partial charge in [0, 0.05) is 6.61 Å². The molecule has 2 N–H and O–H groups in total. The van der Waals surface area contributed by atoms with Crippen molar-refractivity contribution in [2.24, 2.45) is 5.92 Å². The number of nitrogen functional groups attached to an aromatic ring is 1. The lowest BCUT2D eigenvalue weighted by atomic mass is 10.2. The maximum absolute atomic E-state index is 6.00. The molecule has 0 spiro atoms. The van der Waals surface area contributed by atoms with Crippen LogP contribution < -0.4 is 15.2 Å². The molecular formula is C15H25NO3. The van der Waals surface area contributed by atoms with Crippen molar-refractivity contribution in [3.63, 3.8) is 0 Å². The molecule has 0 heterocycles. The van der Waals surface area contributed by atoms with Crippen LogP contribution in [-0.2, 0) is 4.74 Å². The second kappa shape index (κ2) is 7.89. The van der Waals surface area contributed by atoms with Crippen molar-refractivity contribution in [2.45, 2.75) is 33.8 Å². The Hall–Kier alpha value is -1.42. The molecule has 0 bridgehead atoms. The van der Waals surface area contributed by atoms with Crippen LogP contribution in [0, 0.1) is 5.92 Å². The second-order valence-corrected chi connectivity index (χ2v) is 5.15. The lowest BCUT2D eigenvalue weighted by Crippen LogP contribution is -2.12. The largest absolute Gasteiger partial charge is 0.489 e. The first-order chi connectivity index (χ1) is 9.00. The van der Waals surface area contributed by atoms with E-state index in [2.05, 4.69) is 13.8 Å². The third-order valence-electron chi connectivity index (χ3n) is 2.33. The van der Waals surface area contributed by atoms with E-state index >= 15 is 0 Å². The van der Waals surface area contributed by atoms with Crippen LogP contribution in [0.5, 0.6) is 11.5 Å². The summed E-state index contributed by atoms with van der Waals surface area (Å²) in [5.74, 6) is 1.84. The highest BCUT2D eigenvalue weighted by Gasteiger charge is 2.08. The van der Waals surface area contributed by atoms with Crippen LogP contribution in [0.4, 0.5) is 5.69 Å². The Balaban J connectivity index is 2.45. The van der Waals surface area contributed by atoms with Gasteiger partial charge in [0.1, 0.15) is 23.8 Å². The zero-order valence-corrected chi connectivity index (χ0v) is 12.3. The second-order valence-electron chi connectivity index (χ2n) is 5.15. The Bertz CT molecular complexity index is 378. The maximum atomic E-state index is 6.00. The highest BCUT2D eigenvalue weighted by Crippen LogP contribution is 2.31. The fraction of sp³-hybridized carbons (Fsp3) is 0.600. The first-order valence-electron chi connectivity index (χ1n) is 6.76. The van der Waals surface area contributed by atoms with Crippen LogP contribution in [0.1, 0.15) is 27.7 Å². The van der Waals surface area contributed by atoms with Crippen LogP contribution in [-0.4, -0.2) is 25.9 Å². The summed E-state index contributed by atoms with van der Waals surface area (Å²) in [6, 6.07) is 5.56.